The summed E-state index contributed by atoms with van der Waals surface area (Å²) in [6.45, 7) is 3.41. The molecule has 5 aromatic rings. The van der Waals surface area contributed by atoms with E-state index in [1.54, 1.807) is 13.2 Å². The average molecular weight is 586 g/mol. The third-order valence-corrected chi connectivity index (χ3v) is 7.88. The summed E-state index contributed by atoms with van der Waals surface area (Å²) in [5.74, 6) is 0.647. The number of hydrogen-bond donors (Lipinski definition) is 3. The van der Waals surface area contributed by atoms with Crippen molar-refractivity contribution in [3.05, 3.63) is 126 Å². The van der Waals surface area contributed by atoms with Gasteiger partial charge in [0.2, 0.25) is 0 Å². The molecule has 0 aromatic heterocycles. The molecule has 3 amide bonds. The maximum Gasteiger partial charge on any atom is 0.323 e. The molecule has 3 N–H and O–H groups in total. The van der Waals surface area contributed by atoms with E-state index < -0.39 is 0 Å². The summed E-state index contributed by atoms with van der Waals surface area (Å²) in [4.78, 5) is 31.2. The van der Waals surface area contributed by atoms with Gasteiger partial charge in [0.25, 0.3) is 5.91 Å². The van der Waals surface area contributed by atoms with Crippen molar-refractivity contribution in [3.63, 3.8) is 0 Å². The van der Waals surface area contributed by atoms with Gasteiger partial charge in [-0.05, 0) is 47.3 Å². The molecule has 6 rings (SSSR count). The summed E-state index contributed by atoms with van der Waals surface area (Å²) in [6, 6.07) is 36.7. The molecule has 0 unspecified atom stereocenters. The number of carbonyl (C=O) groups excluding carboxylic acids is 2. The van der Waals surface area contributed by atoms with Gasteiger partial charge in [-0.2, -0.15) is 0 Å². The van der Waals surface area contributed by atoms with Crippen LogP contribution in [0.4, 0.5) is 27.5 Å². The summed E-state index contributed by atoms with van der Waals surface area (Å²) < 4.78 is 5.58. The number of nitrogens with zero attached hydrogens (tertiary/aromatic N) is 2. The van der Waals surface area contributed by atoms with Crippen LogP contribution < -0.4 is 30.5 Å². The van der Waals surface area contributed by atoms with Crippen LogP contribution in [-0.4, -0.2) is 45.2 Å². The van der Waals surface area contributed by atoms with Gasteiger partial charge in [0, 0.05) is 49.5 Å². The smallest absolute Gasteiger partial charge is 0.323 e. The number of anilines is 4. The Morgan fingerprint density at radius 2 is 1.39 bits per heavy atom. The number of piperazine rings is 1. The number of ether oxygens (including phenoxy) is 1. The van der Waals surface area contributed by atoms with Crippen LogP contribution in [0.15, 0.2) is 115 Å². The second kappa shape index (κ2) is 13.2. The lowest BCUT2D eigenvalue weighted by Crippen LogP contribution is -2.47. The number of urea groups is 1. The first-order valence-electron chi connectivity index (χ1n) is 14.7. The molecule has 222 valence electrons. The Morgan fingerprint density at radius 3 is 2.18 bits per heavy atom. The minimum atomic E-state index is -0.379. The second-order valence-corrected chi connectivity index (χ2v) is 10.7. The molecule has 1 aliphatic rings. The van der Waals surface area contributed by atoms with Crippen LogP contribution >= 0.6 is 0 Å². The zero-order valence-corrected chi connectivity index (χ0v) is 24.6. The number of fused-ring (bicyclic) bond motifs is 1. The predicted octanol–water partition coefficient (Wildman–Crippen LogP) is 6.75. The summed E-state index contributed by atoms with van der Waals surface area (Å²) in [6.07, 6.45) is 0. The average Bonchev–Trinajstić information content (AvgIpc) is 3.08. The fourth-order valence-corrected chi connectivity index (χ4v) is 5.64. The number of methoxy groups -OCH3 is 1. The highest BCUT2D eigenvalue weighted by Gasteiger charge is 2.24. The minimum Gasteiger partial charge on any atom is -0.495 e. The molecule has 0 saturated carbocycles. The van der Waals surface area contributed by atoms with Gasteiger partial charge >= 0.3 is 6.03 Å². The number of hydrogen-bond acceptors (Lipinski definition) is 5. The Balaban J connectivity index is 1.21. The predicted molar refractivity (Wildman–Crippen MR) is 178 cm³/mol. The Labute approximate surface area is 257 Å². The Kier molecular flexibility index (Phi) is 8.59. The maximum atomic E-state index is 13.6. The van der Waals surface area contributed by atoms with Crippen molar-refractivity contribution in [3.8, 4) is 5.75 Å². The zero-order valence-electron chi connectivity index (χ0n) is 24.6. The SMILES string of the molecule is COc1ccccc1N1CCN(c2ccc(NC(=O)Nc3cccc4ccccc34)cc2C(=O)NCc2ccccc2)CC1. The molecule has 1 heterocycles. The fourth-order valence-electron chi connectivity index (χ4n) is 5.64. The molecule has 0 radical (unpaired) electrons. The monoisotopic (exact) mass is 585 g/mol. The lowest BCUT2D eigenvalue weighted by molar-refractivity contribution is 0.0951. The van der Waals surface area contributed by atoms with E-state index in [4.69, 9.17) is 4.74 Å². The molecule has 8 nitrogen and oxygen atoms in total. The normalized spacial score (nSPS) is 12.9. The number of nitrogens with one attached hydrogen (secondary N) is 3. The van der Waals surface area contributed by atoms with Crippen molar-refractivity contribution < 1.29 is 14.3 Å². The molecular weight excluding hydrogens is 550 g/mol. The van der Waals surface area contributed by atoms with Crippen LogP contribution in [0.2, 0.25) is 0 Å². The third-order valence-electron chi connectivity index (χ3n) is 7.88. The van der Waals surface area contributed by atoms with Crippen LogP contribution in [0.25, 0.3) is 10.8 Å². The summed E-state index contributed by atoms with van der Waals surface area (Å²) >= 11 is 0. The minimum absolute atomic E-state index is 0.200. The van der Waals surface area contributed by atoms with Crippen LogP contribution in [0, 0.1) is 0 Å². The number of carbonyl (C=O) groups is 2. The van der Waals surface area contributed by atoms with Gasteiger partial charge in [0.1, 0.15) is 5.75 Å². The zero-order chi connectivity index (χ0) is 30.3. The van der Waals surface area contributed by atoms with E-state index in [1.165, 1.54) is 0 Å². The molecule has 0 spiro atoms. The lowest BCUT2D eigenvalue weighted by atomic mass is 10.1. The van der Waals surface area contributed by atoms with E-state index >= 15 is 0 Å². The Hall–Kier alpha value is -5.50. The van der Waals surface area contributed by atoms with Gasteiger partial charge in [0.05, 0.1) is 24.0 Å². The Morgan fingerprint density at radius 1 is 0.705 bits per heavy atom. The molecule has 0 atom stereocenters. The van der Waals surface area contributed by atoms with Crippen LogP contribution in [0.1, 0.15) is 15.9 Å². The molecule has 0 bridgehead atoms. The highest BCUT2D eigenvalue weighted by molar-refractivity contribution is 6.07. The van der Waals surface area contributed by atoms with Gasteiger partial charge < -0.3 is 30.5 Å². The first-order valence-corrected chi connectivity index (χ1v) is 14.7. The van der Waals surface area contributed by atoms with Crippen molar-refractivity contribution in [2.24, 2.45) is 0 Å². The van der Waals surface area contributed by atoms with Gasteiger partial charge in [0.15, 0.2) is 0 Å². The van der Waals surface area contributed by atoms with Gasteiger partial charge in [-0.3, -0.25) is 4.79 Å². The third kappa shape index (κ3) is 6.44. The van der Waals surface area contributed by atoms with Gasteiger partial charge in [-0.15, -0.1) is 0 Å². The van der Waals surface area contributed by atoms with Crippen molar-refractivity contribution in [1.82, 2.24) is 5.32 Å². The van der Waals surface area contributed by atoms with E-state index in [9.17, 15) is 9.59 Å². The highest BCUT2D eigenvalue weighted by atomic mass is 16.5. The van der Waals surface area contributed by atoms with Crippen LogP contribution in [0.3, 0.4) is 0 Å². The van der Waals surface area contributed by atoms with Crippen molar-refractivity contribution >= 4 is 45.5 Å². The van der Waals surface area contributed by atoms with Crippen LogP contribution in [-0.2, 0) is 6.54 Å². The van der Waals surface area contributed by atoms with E-state index in [1.807, 2.05) is 103 Å². The molecule has 1 fully saturated rings. The highest BCUT2D eigenvalue weighted by Crippen LogP contribution is 2.31. The summed E-state index contributed by atoms with van der Waals surface area (Å²) in [5.41, 5.74) is 4.66. The van der Waals surface area contributed by atoms with Crippen molar-refractivity contribution in [2.45, 2.75) is 6.54 Å². The van der Waals surface area contributed by atoms with Crippen LogP contribution in [0.5, 0.6) is 5.75 Å². The van der Waals surface area contributed by atoms with Crippen molar-refractivity contribution in [1.29, 1.82) is 0 Å². The van der Waals surface area contributed by atoms with Gasteiger partial charge in [-0.1, -0.05) is 78.9 Å². The number of para-hydroxylation sites is 2. The molecule has 0 aliphatic carbocycles. The maximum absolute atomic E-state index is 13.6. The van der Waals surface area contributed by atoms with E-state index in [-0.39, 0.29) is 11.9 Å². The topological polar surface area (TPSA) is 85.9 Å². The first-order chi connectivity index (χ1) is 21.6. The standard InChI is InChI=1S/C36H35N5O3/c1-44-34-17-8-7-16-33(34)41-22-20-40(21-23-41)32-19-18-28(24-30(32)35(42)37-25-26-10-3-2-4-11-26)38-36(43)39-31-15-9-13-27-12-5-6-14-29(27)31/h2-19,24H,20-23,25H2,1H3,(H,37,42)(H2,38,39,43). The first kappa shape index (κ1) is 28.6. The summed E-state index contributed by atoms with van der Waals surface area (Å²) in [7, 11) is 1.69. The molecular formula is C36H35N5O3. The second-order valence-electron chi connectivity index (χ2n) is 10.7. The number of amides is 3. The fraction of sp³-hybridized carbons (Fsp3) is 0.167. The lowest BCUT2D eigenvalue weighted by Gasteiger charge is -2.38. The quantitative estimate of drug-likeness (QED) is 0.188. The van der Waals surface area contributed by atoms with E-state index in [2.05, 4.69) is 31.8 Å². The molecule has 1 aliphatic heterocycles. The van der Waals surface area contributed by atoms with E-state index in [0.29, 0.717) is 23.5 Å². The molecule has 5 aromatic carbocycles. The molecule has 44 heavy (non-hydrogen) atoms. The number of rotatable bonds is 8. The van der Waals surface area contributed by atoms with Gasteiger partial charge in [-0.25, -0.2) is 4.79 Å². The molecule has 1 saturated heterocycles. The van der Waals surface area contributed by atoms with E-state index in [0.717, 1.165) is 59.6 Å². The van der Waals surface area contributed by atoms with Crippen molar-refractivity contribution in [2.75, 3.05) is 53.7 Å². The summed E-state index contributed by atoms with van der Waals surface area (Å²) in [5, 5.41) is 10.9. The molecule has 8 heteroatoms. The Bertz CT molecular complexity index is 1760. The largest absolute Gasteiger partial charge is 0.495 e. The number of benzene rings is 5.